The van der Waals surface area contributed by atoms with E-state index in [1.165, 1.54) is 0 Å². The molecule has 2 rings (SSSR count). The molecule has 22 heavy (non-hydrogen) atoms. The van der Waals surface area contributed by atoms with E-state index in [9.17, 15) is 4.79 Å². The number of amides is 1. The molecule has 5 nitrogen and oxygen atoms in total. The van der Waals surface area contributed by atoms with Crippen LogP contribution in [0.5, 0.6) is 0 Å². The Kier molecular flexibility index (Phi) is 5.72. The van der Waals surface area contributed by atoms with Gasteiger partial charge in [0.1, 0.15) is 0 Å². The lowest BCUT2D eigenvalue weighted by molar-refractivity contribution is -0.122. The van der Waals surface area contributed by atoms with Crippen molar-refractivity contribution in [3.8, 4) is 11.3 Å². The maximum atomic E-state index is 11.8. The Bertz CT molecular complexity index is 593. The topological polar surface area (TPSA) is 58.4 Å². The van der Waals surface area contributed by atoms with Crippen LogP contribution in [0.25, 0.3) is 11.3 Å². The number of hydrogen-bond donors (Lipinski definition) is 1. The van der Waals surface area contributed by atoms with Gasteiger partial charge in [-0.25, -0.2) is 4.98 Å². The summed E-state index contributed by atoms with van der Waals surface area (Å²) in [5.74, 6) is 1.39. The lowest BCUT2D eigenvalue weighted by atomic mass is 10.2. The summed E-state index contributed by atoms with van der Waals surface area (Å²) in [7, 11) is 0. The molecule has 1 N–H and O–H groups in total. The van der Waals surface area contributed by atoms with Gasteiger partial charge in [0, 0.05) is 11.6 Å². The number of oxazole rings is 1. The van der Waals surface area contributed by atoms with Crippen LogP contribution in [-0.4, -0.2) is 34.9 Å². The maximum Gasteiger partial charge on any atom is 0.234 e. The highest BCUT2D eigenvalue weighted by Gasteiger charge is 2.14. The number of carbonyl (C=O) groups excluding carboxylic acids is 1. The molecule has 1 amide bonds. The molecule has 5 heteroatoms. The summed E-state index contributed by atoms with van der Waals surface area (Å²) in [6.07, 6.45) is 1.73. The van der Waals surface area contributed by atoms with Crippen LogP contribution >= 0.6 is 0 Å². The third-order valence-electron chi connectivity index (χ3n) is 3.23. The van der Waals surface area contributed by atoms with Crippen molar-refractivity contribution in [1.82, 2.24) is 15.2 Å². The van der Waals surface area contributed by atoms with Crippen molar-refractivity contribution in [3.05, 3.63) is 42.4 Å². The fourth-order valence-corrected chi connectivity index (χ4v) is 2.16. The molecule has 0 aliphatic rings. The van der Waals surface area contributed by atoms with E-state index < -0.39 is 0 Å². The van der Waals surface area contributed by atoms with Crippen LogP contribution in [0.3, 0.4) is 0 Å². The fourth-order valence-electron chi connectivity index (χ4n) is 2.16. The van der Waals surface area contributed by atoms with Crippen molar-refractivity contribution in [2.75, 3.05) is 13.1 Å². The van der Waals surface area contributed by atoms with Crippen LogP contribution in [0.15, 0.2) is 40.9 Å². The Hall–Kier alpha value is -2.14. The Balaban J connectivity index is 1.97. The van der Waals surface area contributed by atoms with Gasteiger partial charge >= 0.3 is 0 Å². The second-order valence-electron chi connectivity index (χ2n) is 5.51. The smallest absolute Gasteiger partial charge is 0.234 e. The number of carbonyl (C=O) groups is 1. The molecule has 0 saturated heterocycles. The predicted octanol–water partition coefficient (Wildman–Crippen LogP) is 2.69. The van der Waals surface area contributed by atoms with E-state index in [2.05, 4.69) is 10.3 Å². The molecule has 0 saturated carbocycles. The van der Waals surface area contributed by atoms with Crippen LogP contribution in [0.4, 0.5) is 0 Å². The molecule has 1 aromatic heterocycles. The average molecular weight is 301 g/mol. The largest absolute Gasteiger partial charge is 0.439 e. The first kappa shape index (κ1) is 16.2. The molecule has 0 unspecified atom stereocenters. The van der Waals surface area contributed by atoms with Gasteiger partial charge in [-0.1, -0.05) is 37.3 Å². The van der Waals surface area contributed by atoms with Crippen LogP contribution in [0.1, 0.15) is 26.7 Å². The van der Waals surface area contributed by atoms with Gasteiger partial charge in [-0.15, -0.1) is 0 Å². The summed E-state index contributed by atoms with van der Waals surface area (Å²) in [6, 6.07) is 10.0. The van der Waals surface area contributed by atoms with Crippen LogP contribution < -0.4 is 5.32 Å². The molecule has 0 fully saturated rings. The Labute approximate surface area is 131 Å². The molecule has 0 spiro atoms. The van der Waals surface area contributed by atoms with Gasteiger partial charge in [0.15, 0.2) is 5.76 Å². The van der Waals surface area contributed by atoms with Gasteiger partial charge < -0.3 is 9.73 Å². The highest BCUT2D eigenvalue weighted by Crippen LogP contribution is 2.20. The van der Waals surface area contributed by atoms with E-state index in [0.717, 1.165) is 17.9 Å². The summed E-state index contributed by atoms with van der Waals surface area (Å²) in [4.78, 5) is 18.1. The average Bonchev–Trinajstić information content (AvgIpc) is 2.95. The van der Waals surface area contributed by atoms with Crippen molar-refractivity contribution in [1.29, 1.82) is 0 Å². The van der Waals surface area contributed by atoms with Gasteiger partial charge in [0.2, 0.25) is 11.8 Å². The lowest BCUT2D eigenvalue weighted by Gasteiger charge is -2.18. The van der Waals surface area contributed by atoms with E-state index in [-0.39, 0.29) is 11.9 Å². The Morgan fingerprint density at radius 1 is 1.32 bits per heavy atom. The fraction of sp³-hybridized carbons (Fsp3) is 0.412. The van der Waals surface area contributed by atoms with Gasteiger partial charge in [-0.05, 0) is 20.4 Å². The minimum absolute atomic E-state index is 0.0201. The zero-order valence-corrected chi connectivity index (χ0v) is 13.4. The first-order valence-corrected chi connectivity index (χ1v) is 7.60. The van der Waals surface area contributed by atoms with E-state index >= 15 is 0 Å². The van der Waals surface area contributed by atoms with Crippen molar-refractivity contribution >= 4 is 5.91 Å². The molecular weight excluding hydrogens is 278 g/mol. The van der Waals surface area contributed by atoms with Gasteiger partial charge in [-0.2, -0.15) is 0 Å². The number of aromatic nitrogens is 1. The number of likely N-dealkylation sites (N-methyl/N-ethyl adjacent to an activating group) is 1. The number of benzene rings is 1. The summed E-state index contributed by atoms with van der Waals surface area (Å²) in [5.41, 5.74) is 1.00. The molecule has 0 aliphatic carbocycles. The van der Waals surface area contributed by atoms with E-state index in [1.54, 1.807) is 6.20 Å². The zero-order valence-electron chi connectivity index (χ0n) is 13.4. The third-order valence-corrected chi connectivity index (χ3v) is 3.23. The summed E-state index contributed by atoms with van der Waals surface area (Å²) < 4.78 is 5.78. The number of hydrogen-bond acceptors (Lipinski definition) is 4. The van der Waals surface area contributed by atoms with Gasteiger partial charge in [0.25, 0.3) is 0 Å². The lowest BCUT2D eigenvalue weighted by Crippen LogP contribution is -2.39. The molecule has 0 atom stereocenters. The second kappa shape index (κ2) is 7.75. The second-order valence-corrected chi connectivity index (χ2v) is 5.51. The van der Waals surface area contributed by atoms with Gasteiger partial charge in [-0.3, -0.25) is 9.69 Å². The van der Waals surface area contributed by atoms with E-state index in [4.69, 9.17) is 4.42 Å². The number of nitrogens with one attached hydrogen (secondary N) is 1. The summed E-state index contributed by atoms with van der Waals surface area (Å²) >= 11 is 0. The number of nitrogens with zero attached hydrogens (tertiary/aromatic N) is 2. The summed E-state index contributed by atoms with van der Waals surface area (Å²) in [6.45, 7) is 7.55. The highest BCUT2D eigenvalue weighted by atomic mass is 16.4. The third kappa shape index (κ3) is 4.70. The highest BCUT2D eigenvalue weighted by molar-refractivity contribution is 5.78. The maximum absolute atomic E-state index is 11.8. The predicted molar refractivity (Wildman–Crippen MR) is 86.2 cm³/mol. The molecule has 0 aliphatic heterocycles. The molecule has 1 aromatic carbocycles. The van der Waals surface area contributed by atoms with E-state index in [0.29, 0.717) is 19.0 Å². The van der Waals surface area contributed by atoms with Crippen LogP contribution in [0.2, 0.25) is 0 Å². The molecule has 0 bridgehead atoms. The minimum atomic E-state index is 0.0201. The van der Waals surface area contributed by atoms with Crippen molar-refractivity contribution < 1.29 is 9.21 Å². The molecule has 1 heterocycles. The first-order chi connectivity index (χ1) is 10.6. The summed E-state index contributed by atoms with van der Waals surface area (Å²) in [5, 5.41) is 2.89. The molecule has 2 aromatic rings. The minimum Gasteiger partial charge on any atom is -0.439 e. The molecular formula is C17H23N3O2. The number of rotatable bonds is 7. The SMILES string of the molecule is CCN(CC(=O)NC(C)C)Cc1ncc(-c2ccccc2)o1. The van der Waals surface area contributed by atoms with Crippen molar-refractivity contribution in [2.24, 2.45) is 0 Å². The first-order valence-electron chi connectivity index (χ1n) is 7.60. The van der Waals surface area contributed by atoms with Crippen molar-refractivity contribution in [3.63, 3.8) is 0 Å². The molecule has 0 radical (unpaired) electrons. The van der Waals surface area contributed by atoms with Gasteiger partial charge in [0.05, 0.1) is 19.3 Å². The zero-order chi connectivity index (χ0) is 15.9. The standard InChI is InChI=1S/C17H23N3O2/c1-4-20(11-16(21)19-13(2)3)12-17-18-10-15(22-17)14-8-6-5-7-9-14/h5-10,13H,4,11-12H2,1-3H3,(H,19,21). The Morgan fingerprint density at radius 2 is 2.05 bits per heavy atom. The molecule has 118 valence electrons. The Morgan fingerprint density at radius 3 is 2.68 bits per heavy atom. The normalized spacial score (nSPS) is 11.1. The van der Waals surface area contributed by atoms with Crippen molar-refractivity contribution in [2.45, 2.75) is 33.4 Å². The monoisotopic (exact) mass is 301 g/mol. The van der Waals surface area contributed by atoms with Crippen LogP contribution in [0, 0.1) is 0 Å². The van der Waals surface area contributed by atoms with Crippen LogP contribution in [-0.2, 0) is 11.3 Å². The van der Waals surface area contributed by atoms with E-state index in [1.807, 2.05) is 56.0 Å². The quantitative estimate of drug-likeness (QED) is 0.854.